The van der Waals surface area contributed by atoms with Gasteiger partial charge in [-0.3, -0.25) is 0 Å². The lowest BCUT2D eigenvalue weighted by atomic mass is 10.1. The minimum absolute atomic E-state index is 0.657. The lowest BCUT2D eigenvalue weighted by molar-refractivity contribution is 0.936. The normalized spacial score (nSPS) is 9.78. The van der Waals surface area contributed by atoms with Crippen molar-refractivity contribution in [2.24, 2.45) is 0 Å². The molecule has 18 heavy (non-hydrogen) atoms. The van der Waals surface area contributed by atoms with Crippen molar-refractivity contribution in [1.29, 1.82) is 5.26 Å². The highest BCUT2D eigenvalue weighted by Gasteiger charge is 2.01. The van der Waals surface area contributed by atoms with E-state index in [1.54, 1.807) is 17.1 Å². The van der Waals surface area contributed by atoms with Gasteiger partial charge in [0.25, 0.3) is 0 Å². The zero-order valence-corrected chi connectivity index (χ0v) is 10.2. The summed E-state index contributed by atoms with van der Waals surface area (Å²) >= 11 is 0. The van der Waals surface area contributed by atoms with Gasteiger partial charge in [0.05, 0.1) is 17.8 Å². The Morgan fingerprint density at radius 3 is 3.06 bits per heavy atom. The molecule has 90 valence electrons. The molecule has 2 aromatic rings. The quantitative estimate of drug-likeness (QED) is 0.891. The number of rotatable bonds is 4. The van der Waals surface area contributed by atoms with Crippen LogP contribution in [-0.2, 0) is 6.54 Å². The highest BCUT2D eigenvalue weighted by atomic mass is 15.2. The van der Waals surface area contributed by atoms with E-state index in [0.29, 0.717) is 12.1 Å². The third-order valence-electron chi connectivity index (χ3n) is 2.69. The Labute approximate surface area is 106 Å². The summed E-state index contributed by atoms with van der Waals surface area (Å²) in [4.78, 5) is 0. The van der Waals surface area contributed by atoms with Crippen LogP contribution in [0.2, 0.25) is 0 Å². The van der Waals surface area contributed by atoms with Crippen molar-refractivity contribution in [3.8, 4) is 6.07 Å². The first-order chi connectivity index (χ1) is 8.72. The highest BCUT2D eigenvalue weighted by Crippen LogP contribution is 2.17. The van der Waals surface area contributed by atoms with E-state index in [4.69, 9.17) is 5.26 Å². The van der Waals surface area contributed by atoms with E-state index in [9.17, 15) is 0 Å². The van der Waals surface area contributed by atoms with Gasteiger partial charge in [0, 0.05) is 30.2 Å². The van der Waals surface area contributed by atoms with Crippen LogP contribution in [0.1, 0.15) is 16.7 Å². The van der Waals surface area contributed by atoms with Crippen LogP contribution in [0, 0.1) is 18.3 Å². The number of nitriles is 1. The molecule has 0 aliphatic carbocycles. The van der Waals surface area contributed by atoms with Gasteiger partial charge in [-0.2, -0.15) is 10.4 Å². The van der Waals surface area contributed by atoms with Crippen molar-refractivity contribution in [2.75, 3.05) is 5.32 Å². The predicted octanol–water partition coefficient (Wildman–Crippen LogP) is 2.78. The molecule has 0 bridgehead atoms. The number of hydrogen-bond donors (Lipinski definition) is 1. The smallest absolute Gasteiger partial charge is 0.0992 e. The Kier molecular flexibility index (Phi) is 3.44. The summed E-state index contributed by atoms with van der Waals surface area (Å²) in [7, 11) is 0. The molecule has 0 saturated carbocycles. The fraction of sp³-hybridized carbons (Fsp3) is 0.143. The molecule has 0 spiro atoms. The monoisotopic (exact) mass is 238 g/mol. The summed E-state index contributed by atoms with van der Waals surface area (Å²) in [5, 5.41) is 16.3. The first-order valence-electron chi connectivity index (χ1n) is 5.63. The molecule has 0 aliphatic heterocycles. The summed E-state index contributed by atoms with van der Waals surface area (Å²) in [6.45, 7) is 6.32. The van der Waals surface area contributed by atoms with E-state index in [2.05, 4.69) is 23.1 Å². The van der Waals surface area contributed by atoms with Gasteiger partial charge in [-0.15, -0.1) is 0 Å². The molecule has 1 heterocycles. The molecule has 0 aliphatic rings. The molecule has 1 aromatic heterocycles. The predicted molar refractivity (Wildman–Crippen MR) is 71.8 cm³/mol. The first-order valence-corrected chi connectivity index (χ1v) is 5.63. The van der Waals surface area contributed by atoms with Crippen LogP contribution in [0.4, 0.5) is 5.69 Å². The maximum atomic E-state index is 8.87. The molecule has 1 N–H and O–H groups in total. The SMILES string of the molecule is C=Cn1cc(CNc2cc(C#N)ccc2C)cn1. The van der Waals surface area contributed by atoms with Gasteiger partial charge >= 0.3 is 0 Å². The average Bonchev–Trinajstić information content (AvgIpc) is 2.86. The summed E-state index contributed by atoms with van der Waals surface area (Å²) in [6.07, 6.45) is 5.34. The van der Waals surface area contributed by atoms with Gasteiger partial charge in [-0.25, -0.2) is 4.68 Å². The van der Waals surface area contributed by atoms with E-state index in [1.165, 1.54) is 0 Å². The van der Waals surface area contributed by atoms with Crippen LogP contribution in [0.15, 0.2) is 37.2 Å². The molecular formula is C14H14N4. The molecule has 0 atom stereocenters. The van der Waals surface area contributed by atoms with Crippen LogP contribution in [0.25, 0.3) is 6.20 Å². The lowest BCUT2D eigenvalue weighted by Crippen LogP contribution is -2.00. The van der Waals surface area contributed by atoms with Gasteiger partial charge in [0.1, 0.15) is 0 Å². The number of hydrogen-bond acceptors (Lipinski definition) is 3. The molecule has 0 amide bonds. The zero-order valence-electron chi connectivity index (χ0n) is 10.2. The Morgan fingerprint density at radius 1 is 1.56 bits per heavy atom. The third-order valence-corrected chi connectivity index (χ3v) is 2.69. The fourth-order valence-electron chi connectivity index (χ4n) is 1.65. The summed E-state index contributed by atoms with van der Waals surface area (Å²) in [6, 6.07) is 7.74. The third kappa shape index (κ3) is 2.58. The van der Waals surface area contributed by atoms with Crippen LogP contribution in [-0.4, -0.2) is 9.78 Å². The molecule has 1 aromatic carbocycles. The standard InChI is InChI=1S/C14H14N4/c1-3-18-10-13(9-17-18)8-16-14-6-12(7-15)5-4-11(14)2/h3-6,9-10,16H,1,8H2,2H3. The van der Waals surface area contributed by atoms with Crippen LogP contribution < -0.4 is 5.32 Å². The van der Waals surface area contributed by atoms with Crippen molar-refractivity contribution in [3.63, 3.8) is 0 Å². The first kappa shape index (κ1) is 11.9. The largest absolute Gasteiger partial charge is 0.381 e. The van der Waals surface area contributed by atoms with Crippen LogP contribution >= 0.6 is 0 Å². The molecular weight excluding hydrogens is 224 g/mol. The molecule has 2 rings (SSSR count). The Morgan fingerprint density at radius 2 is 2.39 bits per heavy atom. The molecule has 0 unspecified atom stereocenters. The number of aryl methyl sites for hydroxylation is 1. The molecule has 0 fully saturated rings. The number of aromatic nitrogens is 2. The van der Waals surface area contributed by atoms with Gasteiger partial charge in [-0.05, 0) is 24.6 Å². The van der Waals surface area contributed by atoms with Crippen LogP contribution in [0.3, 0.4) is 0 Å². The Bertz CT molecular complexity index is 604. The van der Waals surface area contributed by atoms with Gasteiger partial charge in [0.15, 0.2) is 0 Å². The van der Waals surface area contributed by atoms with Gasteiger partial charge < -0.3 is 5.32 Å². The van der Waals surface area contributed by atoms with E-state index in [1.807, 2.05) is 31.3 Å². The fourth-order valence-corrected chi connectivity index (χ4v) is 1.65. The average molecular weight is 238 g/mol. The summed E-state index contributed by atoms with van der Waals surface area (Å²) < 4.78 is 1.66. The summed E-state index contributed by atoms with van der Waals surface area (Å²) in [5.41, 5.74) is 3.81. The molecule has 0 saturated heterocycles. The van der Waals surface area contributed by atoms with Crippen molar-refractivity contribution < 1.29 is 0 Å². The molecule has 0 radical (unpaired) electrons. The number of anilines is 1. The second-order valence-corrected chi connectivity index (χ2v) is 4.01. The van der Waals surface area contributed by atoms with E-state index in [-0.39, 0.29) is 0 Å². The number of benzene rings is 1. The number of nitrogens with zero attached hydrogens (tertiary/aromatic N) is 3. The van der Waals surface area contributed by atoms with E-state index in [0.717, 1.165) is 16.8 Å². The van der Waals surface area contributed by atoms with Crippen LogP contribution in [0.5, 0.6) is 0 Å². The van der Waals surface area contributed by atoms with Crippen molar-refractivity contribution in [3.05, 3.63) is 53.9 Å². The highest BCUT2D eigenvalue weighted by molar-refractivity contribution is 5.55. The molecule has 4 heteroatoms. The topological polar surface area (TPSA) is 53.6 Å². The van der Waals surface area contributed by atoms with E-state index >= 15 is 0 Å². The minimum atomic E-state index is 0.657. The van der Waals surface area contributed by atoms with Crippen molar-refractivity contribution in [1.82, 2.24) is 9.78 Å². The Balaban J connectivity index is 2.10. The number of nitrogens with one attached hydrogen (secondary N) is 1. The Hall–Kier alpha value is -2.54. The van der Waals surface area contributed by atoms with Crippen molar-refractivity contribution >= 4 is 11.9 Å². The van der Waals surface area contributed by atoms with Gasteiger partial charge in [-0.1, -0.05) is 12.6 Å². The maximum absolute atomic E-state index is 8.87. The molecule has 4 nitrogen and oxygen atoms in total. The maximum Gasteiger partial charge on any atom is 0.0992 e. The van der Waals surface area contributed by atoms with Crippen molar-refractivity contribution in [2.45, 2.75) is 13.5 Å². The minimum Gasteiger partial charge on any atom is -0.381 e. The van der Waals surface area contributed by atoms with E-state index < -0.39 is 0 Å². The second kappa shape index (κ2) is 5.19. The lowest BCUT2D eigenvalue weighted by Gasteiger charge is -2.08. The summed E-state index contributed by atoms with van der Waals surface area (Å²) in [5.74, 6) is 0. The van der Waals surface area contributed by atoms with Gasteiger partial charge in [0.2, 0.25) is 0 Å². The second-order valence-electron chi connectivity index (χ2n) is 4.01. The zero-order chi connectivity index (χ0) is 13.0.